The SMILES string of the molecule is N#CC1(C(=O)Nc2cccc(-c3cnc4[nH]cc(Cl)c4c3)c2)CC1. The first kappa shape index (κ1) is 14.7. The summed E-state index contributed by atoms with van der Waals surface area (Å²) in [7, 11) is 0. The fourth-order valence-corrected chi connectivity index (χ4v) is 2.87. The van der Waals surface area contributed by atoms with Gasteiger partial charge in [0.15, 0.2) is 0 Å². The van der Waals surface area contributed by atoms with Gasteiger partial charge in [0.05, 0.1) is 11.1 Å². The smallest absolute Gasteiger partial charge is 0.244 e. The summed E-state index contributed by atoms with van der Waals surface area (Å²) in [4.78, 5) is 19.6. The van der Waals surface area contributed by atoms with Gasteiger partial charge in [0.25, 0.3) is 0 Å². The lowest BCUT2D eigenvalue weighted by molar-refractivity contribution is -0.119. The summed E-state index contributed by atoms with van der Waals surface area (Å²) in [6, 6.07) is 11.5. The van der Waals surface area contributed by atoms with Crippen LogP contribution in [-0.2, 0) is 4.79 Å². The Morgan fingerprint density at radius 2 is 2.17 bits per heavy atom. The lowest BCUT2D eigenvalue weighted by atomic mass is 10.1. The molecule has 0 saturated heterocycles. The quantitative estimate of drug-likeness (QED) is 0.754. The molecule has 1 fully saturated rings. The average Bonchev–Trinajstić information content (AvgIpc) is 3.33. The van der Waals surface area contributed by atoms with Gasteiger partial charge in [0.2, 0.25) is 5.91 Å². The summed E-state index contributed by atoms with van der Waals surface area (Å²) in [6.07, 6.45) is 4.72. The highest BCUT2D eigenvalue weighted by Crippen LogP contribution is 2.45. The second kappa shape index (κ2) is 5.36. The van der Waals surface area contributed by atoms with Crippen LogP contribution in [0.25, 0.3) is 22.2 Å². The molecule has 0 aliphatic heterocycles. The second-order valence-corrected chi connectivity index (χ2v) is 6.39. The molecule has 0 spiro atoms. The first-order valence-corrected chi connectivity index (χ1v) is 7.95. The van der Waals surface area contributed by atoms with Crippen LogP contribution >= 0.6 is 11.6 Å². The number of nitrogens with one attached hydrogen (secondary N) is 2. The Morgan fingerprint density at radius 1 is 1.33 bits per heavy atom. The molecular weight excluding hydrogens is 324 g/mol. The molecule has 5 nitrogen and oxygen atoms in total. The van der Waals surface area contributed by atoms with Crippen LogP contribution in [0.1, 0.15) is 12.8 Å². The number of nitriles is 1. The molecule has 6 heteroatoms. The van der Waals surface area contributed by atoms with Gasteiger partial charge >= 0.3 is 0 Å². The number of pyridine rings is 1. The molecule has 24 heavy (non-hydrogen) atoms. The van der Waals surface area contributed by atoms with Crippen molar-refractivity contribution in [2.24, 2.45) is 5.41 Å². The van der Waals surface area contributed by atoms with Crippen LogP contribution in [0.5, 0.6) is 0 Å². The standard InChI is InChI=1S/C18H13ClN4O/c19-15-9-22-16-14(15)7-12(8-21-16)11-2-1-3-13(6-11)23-17(24)18(10-20)4-5-18/h1-3,6-9H,4-5H2,(H,21,22)(H,23,24). The van der Waals surface area contributed by atoms with E-state index in [0.717, 1.165) is 22.2 Å². The van der Waals surface area contributed by atoms with Crippen LogP contribution in [0.3, 0.4) is 0 Å². The Balaban J connectivity index is 1.65. The normalized spacial score (nSPS) is 15.0. The summed E-state index contributed by atoms with van der Waals surface area (Å²) in [6.45, 7) is 0. The van der Waals surface area contributed by atoms with Crippen LogP contribution in [0.4, 0.5) is 5.69 Å². The van der Waals surface area contributed by atoms with E-state index in [9.17, 15) is 4.79 Å². The van der Waals surface area contributed by atoms with Crippen molar-refractivity contribution < 1.29 is 4.79 Å². The van der Waals surface area contributed by atoms with Gasteiger partial charge in [-0.05, 0) is 36.6 Å². The molecule has 1 aliphatic carbocycles. The Kier molecular flexibility index (Phi) is 3.29. The number of aromatic nitrogens is 2. The third-order valence-corrected chi connectivity index (χ3v) is 4.65. The zero-order chi connectivity index (χ0) is 16.7. The minimum absolute atomic E-state index is 0.232. The molecule has 3 aromatic rings. The van der Waals surface area contributed by atoms with Crippen LogP contribution in [0.2, 0.25) is 5.02 Å². The minimum Gasteiger partial charge on any atom is -0.345 e. The number of carbonyl (C=O) groups is 1. The number of benzene rings is 1. The highest BCUT2D eigenvalue weighted by Gasteiger charge is 2.50. The summed E-state index contributed by atoms with van der Waals surface area (Å²) < 4.78 is 0. The van der Waals surface area contributed by atoms with Crippen molar-refractivity contribution in [3.63, 3.8) is 0 Å². The van der Waals surface area contributed by atoms with Gasteiger partial charge in [0, 0.05) is 29.0 Å². The number of aromatic amines is 1. The molecule has 118 valence electrons. The first-order valence-electron chi connectivity index (χ1n) is 7.57. The highest BCUT2D eigenvalue weighted by atomic mass is 35.5. The number of rotatable bonds is 3. The number of H-pyrrole nitrogens is 1. The van der Waals surface area contributed by atoms with E-state index < -0.39 is 5.41 Å². The highest BCUT2D eigenvalue weighted by molar-refractivity contribution is 6.35. The van der Waals surface area contributed by atoms with E-state index in [-0.39, 0.29) is 5.91 Å². The zero-order valence-corrected chi connectivity index (χ0v) is 13.4. The zero-order valence-electron chi connectivity index (χ0n) is 12.6. The molecule has 0 atom stereocenters. The predicted molar refractivity (Wildman–Crippen MR) is 92.4 cm³/mol. The Hall–Kier alpha value is -2.84. The van der Waals surface area contributed by atoms with E-state index in [0.29, 0.717) is 23.6 Å². The molecule has 2 aromatic heterocycles. The maximum absolute atomic E-state index is 12.2. The Bertz CT molecular complexity index is 998. The molecule has 0 bridgehead atoms. The number of amides is 1. The van der Waals surface area contributed by atoms with E-state index in [1.54, 1.807) is 12.4 Å². The van der Waals surface area contributed by atoms with Crippen molar-refractivity contribution in [1.29, 1.82) is 5.26 Å². The Morgan fingerprint density at radius 3 is 2.92 bits per heavy atom. The van der Waals surface area contributed by atoms with Crippen LogP contribution in [0, 0.1) is 16.7 Å². The lowest BCUT2D eigenvalue weighted by Gasteiger charge is -2.10. The number of halogens is 1. The van der Waals surface area contributed by atoms with Crippen molar-refractivity contribution >= 4 is 34.2 Å². The van der Waals surface area contributed by atoms with Gasteiger partial charge in [-0.2, -0.15) is 5.26 Å². The maximum atomic E-state index is 12.2. The van der Waals surface area contributed by atoms with Gasteiger partial charge in [-0.25, -0.2) is 4.98 Å². The van der Waals surface area contributed by atoms with Gasteiger partial charge in [0.1, 0.15) is 11.1 Å². The van der Waals surface area contributed by atoms with Crippen molar-refractivity contribution in [1.82, 2.24) is 9.97 Å². The molecule has 2 heterocycles. The summed E-state index contributed by atoms with van der Waals surface area (Å²) in [5.41, 5.74) is 2.38. The van der Waals surface area contributed by atoms with Crippen LogP contribution < -0.4 is 5.32 Å². The van der Waals surface area contributed by atoms with E-state index >= 15 is 0 Å². The number of hydrogen-bond acceptors (Lipinski definition) is 3. The fraction of sp³-hybridized carbons (Fsp3) is 0.167. The molecule has 1 saturated carbocycles. The summed E-state index contributed by atoms with van der Waals surface area (Å²) in [5.74, 6) is -0.232. The Labute approximate surface area is 143 Å². The fourth-order valence-electron chi connectivity index (χ4n) is 2.67. The van der Waals surface area contributed by atoms with E-state index in [1.165, 1.54) is 0 Å². The van der Waals surface area contributed by atoms with Crippen molar-refractivity contribution in [3.8, 4) is 17.2 Å². The molecular formula is C18H13ClN4O. The third kappa shape index (κ3) is 2.41. The predicted octanol–water partition coefficient (Wildman–Crippen LogP) is 4.13. The number of nitrogens with zero attached hydrogens (tertiary/aromatic N) is 2. The minimum atomic E-state index is -0.838. The van der Waals surface area contributed by atoms with Crippen LogP contribution in [-0.4, -0.2) is 15.9 Å². The number of carbonyl (C=O) groups excluding carboxylic acids is 1. The lowest BCUT2D eigenvalue weighted by Crippen LogP contribution is -2.22. The number of hydrogen-bond donors (Lipinski definition) is 2. The molecule has 1 amide bonds. The van der Waals surface area contributed by atoms with E-state index in [4.69, 9.17) is 16.9 Å². The second-order valence-electron chi connectivity index (χ2n) is 5.99. The topological polar surface area (TPSA) is 81.6 Å². The molecule has 4 rings (SSSR count). The van der Waals surface area contributed by atoms with E-state index in [2.05, 4.69) is 21.4 Å². The molecule has 0 unspecified atom stereocenters. The van der Waals surface area contributed by atoms with Gasteiger partial charge in [-0.15, -0.1) is 0 Å². The van der Waals surface area contributed by atoms with Crippen LogP contribution in [0.15, 0.2) is 42.7 Å². The average molecular weight is 337 g/mol. The van der Waals surface area contributed by atoms with Gasteiger partial charge in [-0.1, -0.05) is 23.7 Å². The van der Waals surface area contributed by atoms with Gasteiger partial charge < -0.3 is 10.3 Å². The van der Waals surface area contributed by atoms with Crippen molar-refractivity contribution in [2.75, 3.05) is 5.32 Å². The maximum Gasteiger partial charge on any atom is 0.244 e. The monoisotopic (exact) mass is 336 g/mol. The molecule has 2 N–H and O–H groups in total. The summed E-state index contributed by atoms with van der Waals surface area (Å²) >= 11 is 6.15. The number of anilines is 1. The molecule has 1 aromatic carbocycles. The summed E-state index contributed by atoms with van der Waals surface area (Å²) in [5, 5.41) is 13.4. The van der Waals surface area contributed by atoms with E-state index in [1.807, 2.05) is 30.3 Å². The first-order chi connectivity index (χ1) is 11.6. The third-order valence-electron chi connectivity index (χ3n) is 4.33. The van der Waals surface area contributed by atoms with Crippen molar-refractivity contribution in [3.05, 3.63) is 47.7 Å². The van der Waals surface area contributed by atoms with Gasteiger partial charge in [-0.3, -0.25) is 4.79 Å². The number of fused-ring (bicyclic) bond motifs is 1. The van der Waals surface area contributed by atoms with Crippen molar-refractivity contribution in [2.45, 2.75) is 12.8 Å². The largest absolute Gasteiger partial charge is 0.345 e. The molecule has 1 aliphatic rings. The molecule has 0 radical (unpaired) electrons.